The summed E-state index contributed by atoms with van der Waals surface area (Å²) in [5.74, 6) is 1.88. The Morgan fingerprint density at radius 2 is 1.80 bits per heavy atom. The van der Waals surface area contributed by atoms with Gasteiger partial charge in [-0.2, -0.15) is 0 Å². The fourth-order valence-corrected chi connectivity index (χ4v) is 3.45. The number of benzene rings is 1. The van der Waals surface area contributed by atoms with Crippen molar-refractivity contribution in [3.8, 4) is 17.2 Å². The molecule has 0 radical (unpaired) electrons. The predicted molar refractivity (Wildman–Crippen MR) is 113 cm³/mol. The first-order chi connectivity index (χ1) is 14.4. The zero-order chi connectivity index (χ0) is 21.7. The summed E-state index contributed by atoms with van der Waals surface area (Å²) in [6.07, 6.45) is 1.43. The van der Waals surface area contributed by atoms with Gasteiger partial charge >= 0.3 is 6.03 Å². The number of piperidine rings is 1. The van der Waals surface area contributed by atoms with Crippen LogP contribution in [-0.4, -0.2) is 48.9 Å². The number of nitrogens with one attached hydrogen (secondary N) is 1. The molecule has 0 saturated carbocycles. The highest BCUT2D eigenvalue weighted by Crippen LogP contribution is 2.27. The Labute approximate surface area is 176 Å². The van der Waals surface area contributed by atoms with Crippen molar-refractivity contribution in [1.82, 2.24) is 14.8 Å². The molecule has 8 heteroatoms. The van der Waals surface area contributed by atoms with Crippen LogP contribution in [0.3, 0.4) is 0 Å². The number of carbonyl (C=O) groups is 1. The van der Waals surface area contributed by atoms with E-state index in [9.17, 15) is 9.59 Å². The van der Waals surface area contributed by atoms with E-state index in [1.807, 2.05) is 31.2 Å². The standard InChI is InChI=1S/C22H29N3O5/c1-15-11-18(13-21(26)24(15)2)30-17-7-9-25(10-8-17)22(27)23-14-16-5-6-19(28-3)20(12-16)29-4/h5-6,11-13,17H,7-10,14H2,1-4H3,(H,23,27). The summed E-state index contributed by atoms with van der Waals surface area (Å²) in [5, 5.41) is 2.95. The van der Waals surface area contributed by atoms with Crippen molar-refractivity contribution < 1.29 is 19.0 Å². The van der Waals surface area contributed by atoms with Crippen LogP contribution in [0.4, 0.5) is 4.79 Å². The van der Waals surface area contributed by atoms with E-state index < -0.39 is 0 Å². The van der Waals surface area contributed by atoms with Crippen molar-refractivity contribution in [2.75, 3.05) is 27.3 Å². The van der Waals surface area contributed by atoms with Crippen molar-refractivity contribution in [3.05, 3.63) is 51.9 Å². The van der Waals surface area contributed by atoms with Gasteiger partial charge in [0.2, 0.25) is 0 Å². The molecule has 0 aliphatic carbocycles. The van der Waals surface area contributed by atoms with E-state index in [4.69, 9.17) is 14.2 Å². The maximum Gasteiger partial charge on any atom is 0.317 e. The number of aryl methyl sites for hydroxylation is 1. The highest BCUT2D eigenvalue weighted by Gasteiger charge is 2.24. The van der Waals surface area contributed by atoms with Gasteiger partial charge in [-0.25, -0.2) is 4.79 Å². The number of likely N-dealkylation sites (tertiary alicyclic amines) is 1. The number of carbonyl (C=O) groups excluding carboxylic acids is 1. The van der Waals surface area contributed by atoms with Gasteiger partial charge in [0.15, 0.2) is 11.5 Å². The average molecular weight is 415 g/mol. The van der Waals surface area contributed by atoms with Gasteiger partial charge in [0.05, 0.1) is 14.2 Å². The molecule has 162 valence electrons. The van der Waals surface area contributed by atoms with Crippen molar-refractivity contribution >= 4 is 6.03 Å². The number of hydrogen-bond acceptors (Lipinski definition) is 5. The zero-order valence-corrected chi connectivity index (χ0v) is 17.9. The molecule has 1 fully saturated rings. The third-order valence-corrected chi connectivity index (χ3v) is 5.40. The van der Waals surface area contributed by atoms with E-state index in [0.717, 1.165) is 24.1 Å². The normalized spacial score (nSPS) is 14.3. The SMILES string of the molecule is COc1ccc(CNC(=O)N2CCC(Oc3cc(C)n(C)c(=O)c3)CC2)cc1OC. The van der Waals surface area contributed by atoms with Gasteiger partial charge in [0, 0.05) is 51.3 Å². The quantitative estimate of drug-likeness (QED) is 0.784. The molecule has 1 aliphatic heterocycles. The van der Waals surface area contributed by atoms with Crippen molar-refractivity contribution in [1.29, 1.82) is 0 Å². The molecule has 0 unspecified atom stereocenters. The molecule has 1 aromatic heterocycles. The summed E-state index contributed by atoms with van der Waals surface area (Å²) in [5.41, 5.74) is 1.70. The molecular weight excluding hydrogens is 386 g/mol. The second-order valence-electron chi connectivity index (χ2n) is 7.38. The van der Waals surface area contributed by atoms with Crippen LogP contribution in [0.1, 0.15) is 24.1 Å². The first-order valence-corrected chi connectivity index (χ1v) is 9.99. The van der Waals surface area contributed by atoms with Gasteiger partial charge in [-0.05, 0) is 30.7 Å². The van der Waals surface area contributed by atoms with Gasteiger partial charge in [-0.15, -0.1) is 0 Å². The van der Waals surface area contributed by atoms with Gasteiger partial charge in [0.1, 0.15) is 11.9 Å². The zero-order valence-electron chi connectivity index (χ0n) is 17.9. The predicted octanol–water partition coefficient (Wildman–Crippen LogP) is 2.46. The lowest BCUT2D eigenvalue weighted by atomic mass is 10.1. The van der Waals surface area contributed by atoms with Crippen molar-refractivity contribution in [3.63, 3.8) is 0 Å². The van der Waals surface area contributed by atoms with Crippen LogP contribution in [-0.2, 0) is 13.6 Å². The lowest BCUT2D eigenvalue weighted by Crippen LogP contribution is -2.46. The fourth-order valence-electron chi connectivity index (χ4n) is 3.45. The van der Waals surface area contributed by atoms with Crippen LogP contribution in [0.2, 0.25) is 0 Å². The topological polar surface area (TPSA) is 82.0 Å². The Morgan fingerprint density at radius 3 is 2.43 bits per heavy atom. The van der Waals surface area contributed by atoms with Crippen LogP contribution in [0, 0.1) is 6.92 Å². The lowest BCUT2D eigenvalue weighted by Gasteiger charge is -2.32. The van der Waals surface area contributed by atoms with E-state index >= 15 is 0 Å². The van der Waals surface area contributed by atoms with E-state index in [0.29, 0.717) is 36.9 Å². The molecule has 1 aromatic carbocycles. The van der Waals surface area contributed by atoms with Gasteiger partial charge in [-0.1, -0.05) is 6.07 Å². The third-order valence-electron chi connectivity index (χ3n) is 5.40. The number of urea groups is 1. The van der Waals surface area contributed by atoms with E-state index in [1.165, 1.54) is 6.07 Å². The van der Waals surface area contributed by atoms with Crippen LogP contribution >= 0.6 is 0 Å². The molecule has 3 rings (SSSR count). The van der Waals surface area contributed by atoms with Crippen LogP contribution in [0.5, 0.6) is 17.2 Å². The Kier molecular flexibility index (Phi) is 6.87. The number of pyridine rings is 1. The van der Waals surface area contributed by atoms with Crippen LogP contribution in [0.25, 0.3) is 0 Å². The molecule has 0 spiro atoms. The Hall–Kier alpha value is -3.16. The third kappa shape index (κ3) is 5.06. The maximum absolute atomic E-state index is 12.5. The molecule has 1 aliphatic rings. The molecule has 2 aromatic rings. The smallest absolute Gasteiger partial charge is 0.317 e. The number of ether oxygens (including phenoxy) is 3. The largest absolute Gasteiger partial charge is 0.493 e. The molecular formula is C22H29N3O5. The summed E-state index contributed by atoms with van der Waals surface area (Å²) in [6, 6.07) is 8.84. The number of aromatic nitrogens is 1. The summed E-state index contributed by atoms with van der Waals surface area (Å²) in [7, 11) is 4.91. The highest BCUT2D eigenvalue weighted by atomic mass is 16.5. The molecule has 30 heavy (non-hydrogen) atoms. The fraction of sp³-hybridized carbons (Fsp3) is 0.455. The molecule has 1 N–H and O–H groups in total. The highest BCUT2D eigenvalue weighted by molar-refractivity contribution is 5.74. The number of hydrogen-bond donors (Lipinski definition) is 1. The van der Waals surface area contributed by atoms with Crippen LogP contribution in [0.15, 0.2) is 35.1 Å². The Balaban J connectivity index is 1.49. The first kappa shape index (κ1) is 21.5. The van der Waals surface area contributed by atoms with Gasteiger partial charge in [-0.3, -0.25) is 4.79 Å². The summed E-state index contributed by atoms with van der Waals surface area (Å²) < 4.78 is 18.1. The van der Waals surface area contributed by atoms with Crippen molar-refractivity contribution in [2.45, 2.75) is 32.4 Å². The van der Waals surface area contributed by atoms with Gasteiger partial charge in [0.25, 0.3) is 5.56 Å². The molecule has 2 heterocycles. The van der Waals surface area contributed by atoms with Crippen LogP contribution < -0.4 is 25.1 Å². The minimum Gasteiger partial charge on any atom is -0.493 e. The summed E-state index contributed by atoms with van der Waals surface area (Å²) >= 11 is 0. The molecule has 0 atom stereocenters. The van der Waals surface area contributed by atoms with Crippen molar-refractivity contribution in [2.24, 2.45) is 7.05 Å². The summed E-state index contributed by atoms with van der Waals surface area (Å²) in [6.45, 7) is 3.49. The van der Waals surface area contributed by atoms with E-state index in [-0.39, 0.29) is 17.7 Å². The second kappa shape index (κ2) is 9.56. The molecule has 8 nitrogen and oxygen atoms in total. The second-order valence-corrected chi connectivity index (χ2v) is 7.38. The number of amides is 2. The minimum absolute atomic E-state index is 0.00796. The average Bonchev–Trinajstić information content (AvgIpc) is 2.76. The maximum atomic E-state index is 12.5. The molecule has 0 bridgehead atoms. The number of nitrogens with zero attached hydrogens (tertiary/aromatic N) is 2. The molecule has 1 saturated heterocycles. The first-order valence-electron chi connectivity index (χ1n) is 9.99. The lowest BCUT2D eigenvalue weighted by molar-refractivity contribution is 0.110. The monoisotopic (exact) mass is 415 g/mol. The number of rotatable bonds is 6. The summed E-state index contributed by atoms with van der Waals surface area (Å²) in [4.78, 5) is 26.2. The Bertz CT molecular complexity index is 948. The van der Waals surface area contributed by atoms with Gasteiger partial charge < -0.3 is 29.0 Å². The number of methoxy groups -OCH3 is 2. The van der Waals surface area contributed by atoms with E-state index in [2.05, 4.69) is 5.32 Å². The molecule has 2 amide bonds. The minimum atomic E-state index is -0.104. The van der Waals surface area contributed by atoms with E-state index in [1.54, 1.807) is 30.7 Å². The Morgan fingerprint density at radius 1 is 1.10 bits per heavy atom.